The zero-order chi connectivity index (χ0) is 12.3. The zero-order valence-electron chi connectivity index (χ0n) is 10.4. The van der Waals surface area contributed by atoms with Crippen LogP contribution < -0.4 is 0 Å². The van der Waals surface area contributed by atoms with Gasteiger partial charge in [-0.15, -0.1) is 0 Å². The molecule has 0 radical (unpaired) electrons. The van der Waals surface area contributed by atoms with Gasteiger partial charge in [-0.2, -0.15) is 5.10 Å². The van der Waals surface area contributed by atoms with Crippen LogP contribution in [0.3, 0.4) is 0 Å². The second-order valence-electron chi connectivity index (χ2n) is 4.87. The molecule has 1 heterocycles. The van der Waals surface area contributed by atoms with E-state index in [1.54, 1.807) is 0 Å². The Morgan fingerprint density at radius 3 is 2.53 bits per heavy atom. The van der Waals surface area contributed by atoms with Gasteiger partial charge in [0.25, 0.3) is 0 Å². The predicted octanol–water partition coefficient (Wildman–Crippen LogP) is 2.79. The molecule has 4 heteroatoms. The maximum Gasteiger partial charge on any atom is 0.181 e. The molecular weight excluding hydrogens is 214 g/mol. The summed E-state index contributed by atoms with van der Waals surface area (Å²) in [5.74, 6) is 1.46. The highest BCUT2D eigenvalue weighted by Crippen LogP contribution is 2.15. The van der Waals surface area contributed by atoms with Crippen LogP contribution in [-0.2, 0) is 11.3 Å². The number of rotatable bonds is 3. The minimum atomic E-state index is -0.167. The van der Waals surface area contributed by atoms with E-state index >= 15 is 0 Å². The van der Waals surface area contributed by atoms with Crippen molar-refractivity contribution in [3.8, 4) is 11.4 Å². The van der Waals surface area contributed by atoms with E-state index in [1.807, 2.05) is 51.1 Å². The Morgan fingerprint density at radius 1 is 1.18 bits per heavy atom. The molecule has 0 bridgehead atoms. The first-order valence-corrected chi connectivity index (χ1v) is 5.65. The molecule has 2 aromatic rings. The van der Waals surface area contributed by atoms with E-state index in [0.717, 1.165) is 11.4 Å². The Bertz CT molecular complexity index is 471. The molecule has 0 aliphatic carbocycles. The molecule has 2 rings (SSSR count). The van der Waals surface area contributed by atoms with Crippen LogP contribution in [0.2, 0.25) is 0 Å². The van der Waals surface area contributed by atoms with Crippen LogP contribution in [-0.4, -0.2) is 20.8 Å². The normalized spacial score (nSPS) is 11.7. The van der Waals surface area contributed by atoms with Gasteiger partial charge in [-0.1, -0.05) is 30.3 Å². The lowest BCUT2D eigenvalue weighted by Crippen LogP contribution is -2.19. The molecule has 0 amide bonds. The summed E-state index contributed by atoms with van der Waals surface area (Å²) in [5.41, 5.74) is 0.838. The van der Waals surface area contributed by atoms with Crippen LogP contribution in [0.5, 0.6) is 0 Å². The molecule has 0 fully saturated rings. The number of nitrogens with zero attached hydrogens (tertiary/aromatic N) is 2. The zero-order valence-corrected chi connectivity index (χ0v) is 10.4. The van der Waals surface area contributed by atoms with E-state index in [1.165, 1.54) is 0 Å². The largest absolute Gasteiger partial charge is 0.368 e. The molecule has 0 atom stereocenters. The van der Waals surface area contributed by atoms with Crippen LogP contribution in [0.25, 0.3) is 11.4 Å². The van der Waals surface area contributed by atoms with Crippen molar-refractivity contribution in [2.75, 3.05) is 0 Å². The standard InChI is InChI=1S/C13H17N3O/c1-13(2,3)17-9-11-14-12(16-15-11)10-7-5-4-6-8-10/h4-8H,9H2,1-3H3,(H,14,15,16). The molecule has 0 aliphatic rings. The fourth-order valence-electron chi connectivity index (χ4n) is 1.36. The third-order valence-corrected chi connectivity index (χ3v) is 2.21. The Morgan fingerprint density at radius 2 is 1.88 bits per heavy atom. The van der Waals surface area contributed by atoms with Crippen LogP contribution in [0.4, 0.5) is 0 Å². The number of H-pyrrole nitrogens is 1. The highest BCUT2D eigenvalue weighted by molar-refractivity contribution is 5.53. The second kappa shape index (κ2) is 4.67. The predicted molar refractivity (Wildman–Crippen MR) is 66.4 cm³/mol. The molecular formula is C13H17N3O. The lowest BCUT2D eigenvalue weighted by Gasteiger charge is -2.18. The maximum atomic E-state index is 5.63. The van der Waals surface area contributed by atoms with E-state index in [2.05, 4.69) is 15.2 Å². The van der Waals surface area contributed by atoms with Gasteiger partial charge >= 0.3 is 0 Å². The van der Waals surface area contributed by atoms with Crippen LogP contribution in [0.1, 0.15) is 26.6 Å². The average Bonchev–Trinajstić information content (AvgIpc) is 2.75. The van der Waals surface area contributed by atoms with Crippen molar-refractivity contribution < 1.29 is 4.74 Å². The molecule has 1 aromatic carbocycles. The summed E-state index contributed by atoms with van der Waals surface area (Å²) in [6, 6.07) is 9.88. The van der Waals surface area contributed by atoms with E-state index in [-0.39, 0.29) is 5.60 Å². The van der Waals surface area contributed by atoms with Crippen LogP contribution in [0.15, 0.2) is 30.3 Å². The molecule has 0 saturated carbocycles. The molecule has 1 aromatic heterocycles. The smallest absolute Gasteiger partial charge is 0.181 e. The van der Waals surface area contributed by atoms with Gasteiger partial charge < -0.3 is 4.74 Å². The molecule has 0 spiro atoms. The van der Waals surface area contributed by atoms with Crippen molar-refractivity contribution in [1.29, 1.82) is 0 Å². The minimum absolute atomic E-state index is 0.167. The lowest BCUT2D eigenvalue weighted by atomic mass is 10.2. The highest BCUT2D eigenvalue weighted by atomic mass is 16.5. The summed E-state index contributed by atoms with van der Waals surface area (Å²) in [6.07, 6.45) is 0. The van der Waals surface area contributed by atoms with Gasteiger partial charge in [0.1, 0.15) is 6.61 Å². The van der Waals surface area contributed by atoms with Crippen LogP contribution >= 0.6 is 0 Å². The fraction of sp³-hybridized carbons (Fsp3) is 0.385. The second-order valence-corrected chi connectivity index (χ2v) is 4.87. The van der Waals surface area contributed by atoms with Crippen molar-refractivity contribution in [3.63, 3.8) is 0 Å². The maximum absolute atomic E-state index is 5.63. The van der Waals surface area contributed by atoms with Crippen molar-refractivity contribution in [2.45, 2.75) is 33.0 Å². The van der Waals surface area contributed by atoms with Gasteiger partial charge in [0.05, 0.1) is 5.60 Å². The first-order chi connectivity index (χ1) is 8.04. The fourth-order valence-corrected chi connectivity index (χ4v) is 1.36. The van der Waals surface area contributed by atoms with Gasteiger partial charge in [0.15, 0.2) is 11.6 Å². The number of nitrogens with one attached hydrogen (secondary N) is 1. The molecule has 0 unspecified atom stereocenters. The van der Waals surface area contributed by atoms with Gasteiger partial charge in [-0.25, -0.2) is 4.98 Å². The van der Waals surface area contributed by atoms with E-state index in [9.17, 15) is 0 Å². The molecule has 4 nitrogen and oxygen atoms in total. The van der Waals surface area contributed by atoms with Gasteiger partial charge in [-0.3, -0.25) is 5.10 Å². The third-order valence-electron chi connectivity index (χ3n) is 2.21. The Hall–Kier alpha value is -1.68. The Labute approximate surface area is 101 Å². The van der Waals surface area contributed by atoms with E-state index in [0.29, 0.717) is 12.4 Å². The molecule has 90 valence electrons. The molecule has 17 heavy (non-hydrogen) atoms. The number of aromatic amines is 1. The molecule has 0 aliphatic heterocycles. The summed E-state index contributed by atoms with van der Waals surface area (Å²) in [7, 11) is 0. The number of benzene rings is 1. The number of hydrogen-bond donors (Lipinski definition) is 1. The quantitative estimate of drug-likeness (QED) is 0.883. The number of ether oxygens (including phenoxy) is 1. The van der Waals surface area contributed by atoms with Gasteiger partial charge in [0, 0.05) is 5.56 Å². The molecule has 1 N–H and O–H groups in total. The number of aromatic nitrogens is 3. The van der Waals surface area contributed by atoms with Gasteiger partial charge in [0.2, 0.25) is 0 Å². The summed E-state index contributed by atoms with van der Waals surface area (Å²) in [4.78, 5) is 4.39. The van der Waals surface area contributed by atoms with Crippen molar-refractivity contribution in [3.05, 3.63) is 36.2 Å². The summed E-state index contributed by atoms with van der Waals surface area (Å²) < 4.78 is 5.63. The minimum Gasteiger partial charge on any atom is -0.368 e. The summed E-state index contributed by atoms with van der Waals surface area (Å²) >= 11 is 0. The van der Waals surface area contributed by atoms with Gasteiger partial charge in [-0.05, 0) is 20.8 Å². The number of hydrogen-bond acceptors (Lipinski definition) is 3. The van der Waals surface area contributed by atoms with Crippen molar-refractivity contribution in [1.82, 2.24) is 15.2 Å². The first-order valence-electron chi connectivity index (χ1n) is 5.65. The SMILES string of the molecule is CC(C)(C)OCc1nc(-c2ccccc2)n[nH]1. The monoisotopic (exact) mass is 231 g/mol. The summed E-state index contributed by atoms with van der Waals surface area (Å²) in [5, 5.41) is 7.06. The first kappa shape index (κ1) is 11.8. The Balaban J connectivity index is 2.07. The van der Waals surface area contributed by atoms with E-state index in [4.69, 9.17) is 4.74 Å². The topological polar surface area (TPSA) is 50.8 Å². The van der Waals surface area contributed by atoms with E-state index < -0.39 is 0 Å². The van der Waals surface area contributed by atoms with Crippen molar-refractivity contribution >= 4 is 0 Å². The lowest BCUT2D eigenvalue weighted by molar-refractivity contribution is -0.0179. The van der Waals surface area contributed by atoms with Crippen LogP contribution in [0, 0.1) is 0 Å². The van der Waals surface area contributed by atoms with Crippen molar-refractivity contribution in [2.24, 2.45) is 0 Å². The Kier molecular flexibility index (Phi) is 3.24. The highest BCUT2D eigenvalue weighted by Gasteiger charge is 2.12. The third kappa shape index (κ3) is 3.39. The molecule has 0 saturated heterocycles. The average molecular weight is 231 g/mol. The summed E-state index contributed by atoms with van der Waals surface area (Å²) in [6.45, 7) is 6.49.